The van der Waals surface area contributed by atoms with Crippen LogP contribution in [0.25, 0.3) is 0 Å². The Morgan fingerprint density at radius 2 is 1.68 bits per heavy atom. The summed E-state index contributed by atoms with van der Waals surface area (Å²) in [5, 5.41) is 10.8. The summed E-state index contributed by atoms with van der Waals surface area (Å²) in [6, 6.07) is 11.5. The lowest BCUT2D eigenvalue weighted by Crippen LogP contribution is -2.46. The van der Waals surface area contributed by atoms with Crippen molar-refractivity contribution in [2.75, 3.05) is 38.2 Å². The van der Waals surface area contributed by atoms with E-state index in [9.17, 15) is 10.1 Å². The number of benzene rings is 1. The minimum atomic E-state index is -0.481. The molecule has 0 aliphatic carbocycles. The van der Waals surface area contributed by atoms with Gasteiger partial charge >= 0.3 is 5.88 Å². The largest absolute Gasteiger partial charge is 0.497 e. The molecule has 1 spiro atoms. The van der Waals surface area contributed by atoms with Gasteiger partial charge < -0.3 is 14.1 Å². The van der Waals surface area contributed by atoms with Crippen LogP contribution in [-0.2, 0) is 6.54 Å². The molecule has 2 saturated heterocycles. The Morgan fingerprint density at radius 1 is 1.04 bits per heavy atom. The Kier molecular flexibility index (Phi) is 5.26. The Morgan fingerprint density at radius 3 is 2.25 bits per heavy atom. The van der Waals surface area contributed by atoms with E-state index in [1.807, 2.05) is 12.1 Å². The maximum atomic E-state index is 10.8. The number of ether oxygens (including phenoxy) is 1. The van der Waals surface area contributed by atoms with Crippen molar-refractivity contribution in [3.8, 4) is 5.75 Å². The highest BCUT2D eigenvalue weighted by molar-refractivity contribution is 5.49. The fourth-order valence-electron chi connectivity index (χ4n) is 4.49. The van der Waals surface area contributed by atoms with Gasteiger partial charge in [-0.2, -0.15) is 0 Å². The van der Waals surface area contributed by atoms with Gasteiger partial charge in [-0.15, -0.1) is 0 Å². The van der Waals surface area contributed by atoms with Crippen LogP contribution in [0.15, 0.2) is 40.8 Å². The standard InChI is InChI=1S/C21H27N3O4/c1-27-18-4-2-17(3-5-18)23-14-10-21(11-15-23)8-12-22(13-9-21)16-19-6-7-20(28-19)24(25)26/h2-7H,8-16H2,1H3. The monoisotopic (exact) mass is 385 g/mol. The Balaban J connectivity index is 1.28. The minimum absolute atomic E-state index is 0.172. The molecule has 2 aliphatic heterocycles. The Bertz CT molecular complexity index is 799. The molecule has 1 aromatic heterocycles. The summed E-state index contributed by atoms with van der Waals surface area (Å²) in [6.07, 6.45) is 4.82. The van der Waals surface area contributed by atoms with Crippen LogP contribution in [0.4, 0.5) is 11.6 Å². The smallest absolute Gasteiger partial charge is 0.433 e. The number of likely N-dealkylation sites (tertiary alicyclic amines) is 1. The zero-order valence-corrected chi connectivity index (χ0v) is 16.3. The third-order valence-corrected chi connectivity index (χ3v) is 6.39. The van der Waals surface area contributed by atoms with Crippen LogP contribution in [0.1, 0.15) is 31.4 Å². The summed E-state index contributed by atoms with van der Waals surface area (Å²) >= 11 is 0. The topological polar surface area (TPSA) is 72.0 Å². The lowest BCUT2D eigenvalue weighted by molar-refractivity contribution is -0.402. The fourth-order valence-corrected chi connectivity index (χ4v) is 4.49. The van der Waals surface area contributed by atoms with Crippen molar-refractivity contribution < 1.29 is 14.1 Å². The molecule has 7 heteroatoms. The molecule has 2 aromatic rings. The van der Waals surface area contributed by atoms with Crippen molar-refractivity contribution in [2.24, 2.45) is 5.41 Å². The summed E-state index contributed by atoms with van der Waals surface area (Å²) in [5.41, 5.74) is 1.71. The molecule has 1 aromatic carbocycles. The summed E-state index contributed by atoms with van der Waals surface area (Å²) in [4.78, 5) is 15.1. The predicted molar refractivity (Wildman–Crippen MR) is 107 cm³/mol. The van der Waals surface area contributed by atoms with Crippen molar-refractivity contribution in [3.63, 3.8) is 0 Å². The van der Waals surface area contributed by atoms with E-state index < -0.39 is 4.92 Å². The third kappa shape index (κ3) is 3.99. The molecule has 0 atom stereocenters. The van der Waals surface area contributed by atoms with E-state index >= 15 is 0 Å². The van der Waals surface area contributed by atoms with Crippen LogP contribution < -0.4 is 9.64 Å². The molecule has 0 bridgehead atoms. The van der Waals surface area contributed by atoms with Crippen LogP contribution in [0.5, 0.6) is 5.75 Å². The van der Waals surface area contributed by atoms with Crippen molar-refractivity contribution >= 4 is 11.6 Å². The van der Waals surface area contributed by atoms with Crippen LogP contribution in [0, 0.1) is 15.5 Å². The van der Waals surface area contributed by atoms with Crippen LogP contribution in [0.3, 0.4) is 0 Å². The van der Waals surface area contributed by atoms with E-state index in [-0.39, 0.29) is 5.88 Å². The molecule has 7 nitrogen and oxygen atoms in total. The average Bonchev–Trinajstić information content (AvgIpc) is 3.20. The van der Waals surface area contributed by atoms with E-state index in [4.69, 9.17) is 9.15 Å². The van der Waals surface area contributed by atoms with Crippen LogP contribution in [0.2, 0.25) is 0 Å². The molecule has 0 N–H and O–H groups in total. The van der Waals surface area contributed by atoms with Gasteiger partial charge in [0.05, 0.1) is 19.7 Å². The van der Waals surface area contributed by atoms with Crippen molar-refractivity contribution in [1.82, 2.24) is 4.90 Å². The number of nitrogens with zero attached hydrogens (tertiary/aromatic N) is 3. The average molecular weight is 385 g/mol. The van der Waals surface area contributed by atoms with E-state index in [1.54, 1.807) is 13.2 Å². The molecule has 150 valence electrons. The van der Waals surface area contributed by atoms with Gasteiger partial charge in [0.1, 0.15) is 16.4 Å². The second-order valence-corrected chi connectivity index (χ2v) is 7.96. The van der Waals surface area contributed by atoms with Gasteiger partial charge in [0, 0.05) is 18.8 Å². The maximum absolute atomic E-state index is 10.8. The summed E-state index contributed by atoms with van der Waals surface area (Å²) in [6.45, 7) is 4.89. The first-order valence-corrected chi connectivity index (χ1v) is 9.91. The second-order valence-electron chi connectivity index (χ2n) is 7.96. The predicted octanol–water partition coefficient (Wildman–Crippen LogP) is 4.08. The van der Waals surface area contributed by atoms with Gasteiger partial charge in [0.15, 0.2) is 0 Å². The van der Waals surface area contributed by atoms with Gasteiger partial charge in [0.2, 0.25) is 0 Å². The highest BCUT2D eigenvalue weighted by Crippen LogP contribution is 2.42. The number of piperidine rings is 2. The Hall–Kier alpha value is -2.54. The van der Waals surface area contributed by atoms with Crippen molar-refractivity contribution in [2.45, 2.75) is 32.2 Å². The van der Waals surface area contributed by atoms with Crippen molar-refractivity contribution in [3.05, 3.63) is 52.3 Å². The second kappa shape index (κ2) is 7.83. The van der Waals surface area contributed by atoms with Crippen LogP contribution in [-0.4, -0.2) is 43.1 Å². The quantitative estimate of drug-likeness (QED) is 0.570. The molecule has 28 heavy (non-hydrogen) atoms. The van der Waals surface area contributed by atoms with Gasteiger partial charge in [0.25, 0.3) is 0 Å². The number of furan rings is 1. The maximum Gasteiger partial charge on any atom is 0.433 e. The van der Waals surface area contributed by atoms with Gasteiger partial charge in [-0.1, -0.05) is 0 Å². The van der Waals surface area contributed by atoms with Gasteiger partial charge in [-0.3, -0.25) is 15.0 Å². The molecule has 0 unspecified atom stereocenters. The third-order valence-electron chi connectivity index (χ3n) is 6.39. The van der Waals surface area contributed by atoms with E-state index in [0.717, 1.165) is 31.9 Å². The molecule has 0 saturated carbocycles. The Labute approximate surface area is 165 Å². The summed E-state index contributed by atoms with van der Waals surface area (Å²) < 4.78 is 10.6. The lowest BCUT2D eigenvalue weighted by atomic mass is 9.71. The molecule has 4 rings (SSSR count). The van der Waals surface area contributed by atoms with E-state index in [2.05, 4.69) is 21.9 Å². The zero-order valence-electron chi connectivity index (χ0n) is 16.3. The summed E-state index contributed by atoms with van der Waals surface area (Å²) in [5.74, 6) is 1.40. The summed E-state index contributed by atoms with van der Waals surface area (Å²) in [7, 11) is 1.69. The molecule has 3 heterocycles. The van der Waals surface area contributed by atoms with Crippen LogP contribution >= 0.6 is 0 Å². The molecule has 0 amide bonds. The molecular weight excluding hydrogens is 358 g/mol. The molecule has 2 fully saturated rings. The highest BCUT2D eigenvalue weighted by atomic mass is 16.6. The molecule has 0 radical (unpaired) electrons. The van der Waals surface area contributed by atoms with Gasteiger partial charge in [-0.05, 0) is 74.5 Å². The minimum Gasteiger partial charge on any atom is -0.497 e. The number of hydrogen-bond acceptors (Lipinski definition) is 6. The normalized spacial score (nSPS) is 19.7. The number of hydrogen-bond donors (Lipinski definition) is 0. The molecule has 2 aliphatic rings. The first-order valence-electron chi connectivity index (χ1n) is 9.91. The highest BCUT2D eigenvalue weighted by Gasteiger charge is 2.37. The number of methoxy groups -OCH3 is 1. The lowest BCUT2D eigenvalue weighted by Gasteiger charge is -2.47. The van der Waals surface area contributed by atoms with E-state index in [0.29, 0.717) is 17.7 Å². The van der Waals surface area contributed by atoms with Gasteiger partial charge in [-0.25, -0.2) is 0 Å². The number of anilines is 1. The number of rotatable bonds is 5. The molecular formula is C21H27N3O4. The van der Waals surface area contributed by atoms with Crippen molar-refractivity contribution in [1.29, 1.82) is 0 Å². The van der Waals surface area contributed by atoms with E-state index in [1.165, 1.54) is 37.4 Å². The SMILES string of the molecule is COc1ccc(N2CCC3(CCN(Cc4ccc([N+](=O)[O-])o4)CC3)CC2)cc1. The fraction of sp³-hybridized carbons (Fsp3) is 0.524. The number of nitro groups is 1. The first-order chi connectivity index (χ1) is 13.6. The zero-order chi connectivity index (χ0) is 19.6. The first kappa shape index (κ1) is 18.8.